The van der Waals surface area contributed by atoms with E-state index >= 15 is 0 Å². The molecule has 1 aromatic rings. The second-order valence-corrected chi connectivity index (χ2v) is 4.33. The van der Waals surface area contributed by atoms with E-state index < -0.39 is 4.92 Å². The summed E-state index contributed by atoms with van der Waals surface area (Å²) in [5.41, 5.74) is 0.114. The molecule has 0 aliphatic carbocycles. The summed E-state index contributed by atoms with van der Waals surface area (Å²) >= 11 is 4.36. The molecule has 0 fully saturated rings. The second-order valence-electron chi connectivity index (χ2n) is 4.02. The van der Waals surface area contributed by atoms with Gasteiger partial charge in [-0.05, 0) is 24.0 Å². The summed E-state index contributed by atoms with van der Waals surface area (Å²) in [6.45, 7) is 4.90. The summed E-state index contributed by atoms with van der Waals surface area (Å²) in [6.07, 6.45) is 4.74. The van der Waals surface area contributed by atoms with Gasteiger partial charge in [-0.15, -0.1) is 0 Å². The predicted octanol–water partition coefficient (Wildman–Crippen LogP) is 2.53. The van der Waals surface area contributed by atoms with Crippen molar-refractivity contribution < 1.29 is 4.92 Å². The molecular formula is C10H17N3O2S. The molecule has 5 nitrogen and oxygen atoms in total. The van der Waals surface area contributed by atoms with E-state index in [0.717, 1.165) is 18.6 Å². The van der Waals surface area contributed by atoms with Gasteiger partial charge in [0.05, 0.1) is 4.92 Å². The van der Waals surface area contributed by atoms with Crippen molar-refractivity contribution >= 4 is 18.3 Å². The van der Waals surface area contributed by atoms with Crippen molar-refractivity contribution in [3.05, 3.63) is 22.5 Å². The molecule has 0 aromatic carbocycles. The van der Waals surface area contributed by atoms with Gasteiger partial charge >= 0.3 is 5.69 Å². The van der Waals surface area contributed by atoms with Crippen molar-refractivity contribution in [2.75, 3.05) is 5.75 Å². The number of hydrogen-bond acceptors (Lipinski definition) is 4. The van der Waals surface area contributed by atoms with Crippen LogP contribution in [0.5, 0.6) is 0 Å². The lowest BCUT2D eigenvalue weighted by Gasteiger charge is -2.29. The standard InChI is InChI=1S/C10H17N3O2S/c1-3-10(4-2,8-16)7-12-6-9(5-11-12)13(14)15/h5-6,16H,3-4,7-8H2,1-2H3. The summed E-state index contributed by atoms with van der Waals surface area (Å²) in [7, 11) is 0. The zero-order valence-corrected chi connectivity index (χ0v) is 10.5. The number of thiol groups is 1. The zero-order chi connectivity index (χ0) is 12.2. The number of nitrogens with zero attached hydrogens (tertiary/aromatic N) is 3. The molecule has 16 heavy (non-hydrogen) atoms. The lowest BCUT2D eigenvalue weighted by molar-refractivity contribution is -0.385. The van der Waals surface area contributed by atoms with Gasteiger partial charge < -0.3 is 0 Å². The third-order valence-corrected chi connectivity index (χ3v) is 3.83. The average molecular weight is 243 g/mol. The van der Waals surface area contributed by atoms with Gasteiger partial charge in [-0.3, -0.25) is 14.8 Å². The average Bonchev–Trinajstić information content (AvgIpc) is 2.74. The zero-order valence-electron chi connectivity index (χ0n) is 9.59. The fourth-order valence-corrected chi connectivity index (χ4v) is 2.17. The third-order valence-electron chi connectivity index (χ3n) is 3.16. The molecule has 1 aromatic heterocycles. The van der Waals surface area contributed by atoms with Crippen molar-refractivity contribution in [2.45, 2.75) is 33.2 Å². The monoisotopic (exact) mass is 243 g/mol. The van der Waals surface area contributed by atoms with Crippen LogP contribution in [-0.2, 0) is 6.54 Å². The van der Waals surface area contributed by atoms with Crippen molar-refractivity contribution in [1.82, 2.24) is 9.78 Å². The SMILES string of the molecule is CCC(CC)(CS)Cn1cc([N+](=O)[O-])cn1. The molecule has 1 heterocycles. The number of nitro groups is 1. The van der Waals surface area contributed by atoms with Crippen LogP contribution in [0.1, 0.15) is 26.7 Å². The van der Waals surface area contributed by atoms with Crippen molar-refractivity contribution in [2.24, 2.45) is 5.41 Å². The minimum atomic E-state index is -0.427. The molecule has 1 rings (SSSR count). The summed E-state index contributed by atoms with van der Waals surface area (Å²) in [5, 5.41) is 14.5. The van der Waals surface area contributed by atoms with Gasteiger partial charge in [0, 0.05) is 6.54 Å². The fraction of sp³-hybridized carbons (Fsp3) is 0.700. The number of aromatic nitrogens is 2. The minimum absolute atomic E-state index is 0.0419. The molecule has 0 bridgehead atoms. The predicted molar refractivity (Wildman–Crippen MR) is 65.7 cm³/mol. The van der Waals surface area contributed by atoms with E-state index in [1.807, 2.05) is 0 Å². The van der Waals surface area contributed by atoms with E-state index in [9.17, 15) is 10.1 Å². The molecule has 0 saturated heterocycles. The summed E-state index contributed by atoms with van der Waals surface area (Å²) in [4.78, 5) is 10.1. The molecule has 0 amide bonds. The Morgan fingerprint density at radius 3 is 2.56 bits per heavy atom. The highest BCUT2D eigenvalue weighted by Gasteiger charge is 2.26. The lowest BCUT2D eigenvalue weighted by atomic mass is 9.84. The van der Waals surface area contributed by atoms with E-state index in [-0.39, 0.29) is 11.1 Å². The largest absolute Gasteiger partial charge is 0.306 e. The van der Waals surface area contributed by atoms with Gasteiger partial charge in [0.2, 0.25) is 0 Å². The Bertz CT molecular complexity index is 352. The lowest BCUT2D eigenvalue weighted by Crippen LogP contribution is -2.27. The Hall–Kier alpha value is -1.04. The first-order valence-electron chi connectivity index (χ1n) is 5.34. The van der Waals surface area contributed by atoms with Crippen LogP contribution in [0.3, 0.4) is 0 Å². The van der Waals surface area contributed by atoms with Crippen LogP contribution < -0.4 is 0 Å². The molecule has 0 unspecified atom stereocenters. The molecule has 0 atom stereocenters. The molecule has 0 saturated carbocycles. The Morgan fingerprint density at radius 1 is 1.56 bits per heavy atom. The highest BCUT2D eigenvalue weighted by atomic mass is 32.1. The van der Waals surface area contributed by atoms with Gasteiger partial charge in [0.15, 0.2) is 0 Å². The second kappa shape index (κ2) is 5.34. The molecule has 0 aliphatic rings. The number of hydrogen-bond donors (Lipinski definition) is 1. The highest BCUT2D eigenvalue weighted by molar-refractivity contribution is 7.80. The van der Waals surface area contributed by atoms with Gasteiger partial charge in [-0.1, -0.05) is 13.8 Å². The molecular weight excluding hydrogens is 226 g/mol. The molecule has 90 valence electrons. The normalized spacial score (nSPS) is 11.7. The molecule has 0 N–H and O–H groups in total. The van der Waals surface area contributed by atoms with Crippen molar-refractivity contribution in [3.8, 4) is 0 Å². The van der Waals surface area contributed by atoms with E-state index in [1.165, 1.54) is 12.4 Å². The Kier molecular flexibility index (Phi) is 4.35. The summed E-state index contributed by atoms with van der Waals surface area (Å²) in [6, 6.07) is 0. The maximum absolute atomic E-state index is 10.5. The van der Waals surface area contributed by atoms with Gasteiger partial charge in [-0.2, -0.15) is 17.7 Å². The quantitative estimate of drug-likeness (QED) is 0.474. The summed E-state index contributed by atoms with van der Waals surface area (Å²) in [5.74, 6) is 0.758. The van der Waals surface area contributed by atoms with E-state index in [2.05, 4.69) is 31.6 Å². The number of rotatable bonds is 6. The minimum Gasteiger partial charge on any atom is -0.265 e. The molecule has 6 heteroatoms. The van der Waals surface area contributed by atoms with E-state index in [0.29, 0.717) is 6.54 Å². The highest BCUT2D eigenvalue weighted by Crippen LogP contribution is 2.30. The van der Waals surface area contributed by atoms with Gasteiger partial charge in [0.25, 0.3) is 0 Å². The maximum Gasteiger partial charge on any atom is 0.306 e. The first kappa shape index (κ1) is 13.0. The van der Waals surface area contributed by atoms with Gasteiger partial charge in [0.1, 0.15) is 12.4 Å². The third kappa shape index (κ3) is 2.75. The molecule has 0 spiro atoms. The van der Waals surface area contributed by atoms with Crippen molar-refractivity contribution in [3.63, 3.8) is 0 Å². The molecule has 0 radical (unpaired) electrons. The summed E-state index contributed by atoms with van der Waals surface area (Å²) < 4.78 is 1.64. The van der Waals surface area contributed by atoms with E-state index in [4.69, 9.17) is 0 Å². The topological polar surface area (TPSA) is 61.0 Å². The van der Waals surface area contributed by atoms with Crippen LogP contribution in [0, 0.1) is 15.5 Å². The van der Waals surface area contributed by atoms with Crippen LogP contribution in [0.15, 0.2) is 12.4 Å². The first-order chi connectivity index (χ1) is 7.56. The Balaban J connectivity index is 2.81. The van der Waals surface area contributed by atoms with Crippen molar-refractivity contribution in [1.29, 1.82) is 0 Å². The van der Waals surface area contributed by atoms with E-state index in [1.54, 1.807) is 4.68 Å². The maximum atomic E-state index is 10.5. The first-order valence-corrected chi connectivity index (χ1v) is 5.98. The van der Waals surface area contributed by atoms with Crippen LogP contribution >= 0.6 is 12.6 Å². The fourth-order valence-electron chi connectivity index (χ4n) is 1.62. The Morgan fingerprint density at radius 2 is 2.19 bits per heavy atom. The Labute approximate surface area is 100 Å². The van der Waals surface area contributed by atoms with Crippen LogP contribution in [-0.4, -0.2) is 20.5 Å². The molecule has 0 aliphatic heterocycles. The smallest absolute Gasteiger partial charge is 0.265 e. The van der Waals surface area contributed by atoms with Crippen LogP contribution in [0.4, 0.5) is 5.69 Å². The van der Waals surface area contributed by atoms with Gasteiger partial charge in [-0.25, -0.2) is 0 Å². The van der Waals surface area contributed by atoms with Crippen LogP contribution in [0.25, 0.3) is 0 Å². The van der Waals surface area contributed by atoms with Crippen LogP contribution in [0.2, 0.25) is 0 Å².